The fourth-order valence-corrected chi connectivity index (χ4v) is 7.92. The van der Waals surface area contributed by atoms with Crippen molar-refractivity contribution in [2.75, 3.05) is 14.2 Å². The third-order valence-corrected chi connectivity index (χ3v) is 11.4. The van der Waals surface area contributed by atoms with Crippen molar-refractivity contribution in [1.29, 1.82) is 0 Å². The maximum Gasteiger partial charge on any atom is 0.140 e. The van der Waals surface area contributed by atoms with Crippen molar-refractivity contribution in [2.24, 2.45) is 0 Å². The lowest BCUT2D eigenvalue weighted by Gasteiger charge is -2.29. The van der Waals surface area contributed by atoms with E-state index in [2.05, 4.69) is 90.0 Å². The van der Waals surface area contributed by atoms with Gasteiger partial charge in [0.1, 0.15) is 57.4 Å². The van der Waals surface area contributed by atoms with Crippen LogP contribution in [0.4, 0.5) is 0 Å². The number of methoxy groups -OCH3 is 2. The average molecular weight is 799 g/mol. The number of rotatable bonds is 20. The van der Waals surface area contributed by atoms with Crippen LogP contribution >= 0.6 is 0 Å². The molecule has 6 rings (SSSR count). The Morgan fingerprint density at radius 3 is 1.24 bits per heavy atom. The van der Waals surface area contributed by atoms with Gasteiger partial charge in [0.25, 0.3) is 0 Å². The van der Waals surface area contributed by atoms with Crippen LogP contribution in [0, 0.1) is 27.7 Å². The van der Waals surface area contributed by atoms with Gasteiger partial charge >= 0.3 is 0 Å². The zero-order valence-corrected chi connectivity index (χ0v) is 36.8. The normalized spacial score (nSPS) is 11.6. The second-order valence-electron chi connectivity index (χ2n) is 16.4. The molecule has 0 bridgehead atoms. The van der Waals surface area contributed by atoms with Gasteiger partial charge in [-0.25, -0.2) is 0 Å². The molecule has 0 aliphatic rings. The standard InChI is InChI=1S/C51H62N2O6/c1-11-13-15-17-21-39-31-41(52-58-39)47-43(54-9)23-19-25-45(47)56-49-33(3)27-37(28-34(49)4)51(7,8)38-29-35(5)50(36(6)30-38)57-46-26-20-24-44(55-10)48(46)42-32-40(59-53-42)22-18-16-14-12-2/h19-20,23-32H,11-18,21-22H2,1-10H3. The predicted molar refractivity (Wildman–Crippen MR) is 237 cm³/mol. The predicted octanol–water partition coefficient (Wildman–Crippen LogP) is 14.4. The highest BCUT2D eigenvalue weighted by Crippen LogP contribution is 2.45. The maximum absolute atomic E-state index is 6.76. The Morgan fingerprint density at radius 2 is 0.881 bits per heavy atom. The Kier molecular flexibility index (Phi) is 14.2. The SMILES string of the molecule is CCCCCCc1cc(-c2c(OC)cccc2Oc2c(C)cc(C(C)(C)c3cc(C)c(Oc4cccc(OC)c4-c4cc(CCCCCC)on4)c(C)c3)cc2C)no1. The smallest absolute Gasteiger partial charge is 0.140 e. The fraction of sp³-hybridized carbons (Fsp3) is 0.412. The van der Waals surface area contributed by atoms with Gasteiger partial charge in [-0.2, -0.15) is 0 Å². The van der Waals surface area contributed by atoms with Gasteiger partial charge < -0.3 is 28.0 Å². The molecule has 59 heavy (non-hydrogen) atoms. The number of nitrogens with zero attached hydrogens (tertiary/aromatic N) is 2. The molecule has 0 aliphatic carbocycles. The monoisotopic (exact) mass is 798 g/mol. The number of aromatic nitrogens is 2. The lowest BCUT2D eigenvalue weighted by molar-refractivity contribution is 0.378. The summed E-state index contributed by atoms with van der Waals surface area (Å²) in [5, 5.41) is 8.90. The Morgan fingerprint density at radius 1 is 0.508 bits per heavy atom. The van der Waals surface area contributed by atoms with E-state index in [0.717, 1.165) is 82.1 Å². The van der Waals surface area contributed by atoms with E-state index in [-0.39, 0.29) is 5.41 Å². The van der Waals surface area contributed by atoms with E-state index in [1.54, 1.807) is 14.2 Å². The number of benzene rings is 4. The molecule has 0 fully saturated rings. The lowest BCUT2D eigenvalue weighted by Crippen LogP contribution is -2.20. The molecule has 2 aromatic heterocycles. The van der Waals surface area contributed by atoms with Crippen molar-refractivity contribution < 1.29 is 28.0 Å². The zero-order valence-electron chi connectivity index (χ0n) is 36.8. The quantitative estimate of drug-likeness (QED) is 0.0706. The molecule has 0 aliphatic heterocycles. The molecule has 0 saturated carbocycles. The highest BCUT2D eigenvalue weighted by atomic mass is 16.5. The van der Waals surface area contributed by atoms with E-state index >= 15 is 0 Å². The van der Waals surface area contributed by atoms with Crippen LogP contribution in [0.1, 0.15) is 124 Å². The minimum atomic E-state index is -0.327. The molecule has 2 heterocycles. The molecule has 8 heteroatoms. The summed E-state index contributed by atoms with van der Waals surface area (Å²) in [5.74, 6) is 6.06. The summed E-state index contributed by atoms with van der Waals surface area (Å²) in [7, 11) is 3.34. The number of hydrogen-bond acceptors (Lipinski definition) is 8. The average Bonchev–Trinajstić information content (AvgIpc) is 3.90. The van der Waals surface area contributed by atoms with Crippen molar-refractivity contribution in [3.05, 3.63) is 118 Å². The minimum Gasteiger partial charge on any atom is -0.496 e. The van der Waals surface area contributed by atoms with Crippen LogP contribution in [0.5, 0.6) is 34.5 Å². The van der Waals surface area contributed by atoms with Crippen LogP contribution in [0.25, 0.3) is 22.5 Å². The summed E-state index contributed by atoms with van der Waals surface area (Å²) in [5.41, 5.74) is 9.16. The first-order chi connectivity index (χ1) is 28.5. The third-order valence-electron chi connectivity index (χ3n) is 11.4. The third kappa shape index (κ3) is 9.86. The van der Waals surface area contributed by atoms with Gasteiger partial charge in [-0.15, -0.1) is 0 Å². The summed E-state index contributed by atoms with van der Waals surface area (Å²) < 4.78 is 36.7. The van der Waals surface area contributed by atoms with Crippen LogP contribution in [0.2, 0.25) is 0 Å². The molecule has 6 aromatic rings. The van der Waals surface area contributed by atoms with E-state index in [0.29, 0.717) is 34.4 Å². The molecule has 0 radical (unpaired) electrons. The van der Waals surface area contributed by atoms with Crippen molar-refractivity contribution in [2.45, 2.75) is 125 Å². The van der Waals surface area contributed by atoms with Crippen LogP contribution in [-0.2, 0) is 18.3 Å². The maximum atomic E-state index is 6.76. The van der Waals surface area contributed by atoms with Crippen LogP contribution in [-0.4, -0.2) is 24.5 Å². The molecule has 0 unspecified atom stereocenters. The Hall–Kier alpha value is -5.50. The first-order valence-electron chi connectivity index (χ1n) is 21.3. The zero-order chi connectivity index (χ0) is 42.1. The first kappa shape index (κ1) is 43.1. The Balaban J connectivity index is 1.25. The number of unbranched alkanes of at least 4 members (excludes halogenated alkanes) is 6. The lowest BCUT2D eigenvalue weighted by atomic mass is 9.76. The van der Waals surface area contributed by atoms with E-state index in [4.69, 9.17) is 28.0 Å². The summed E-state index contributed by atoms with van der Waals surface area (Å²) in [6.07, 6.45) is 11.1. The Bertz CT molecular complexity index is 2130. The molecule has 4 aromatic carbocycles. The molecular weight excluding hydrogens is 737 g/mol. The number of ether oxygens (including phenoxy) is 4. The van der Waals surface area contributed by atoms with Gasteiger partial charge in [0, 0.05) is 30.4 Å². The van der Waals surface area contributed by atoms with Gasteiger partial charge in [-0.3, -0.25) is 0 Å². The number of hydrogen-bond donors (Lipinski definition) is 0. The van der Waals surface area contributed by atoms with Gasteiger partial charge in [-0.1, -0.05) is 113 Å². The molecule has 0 amide bonds. The van der Waals surface area contributed by atoms with E-state index in [1.165, 1.54) is 49.7 Å². The van der Waals surface area contributed by atoms with Crippen molar-refractivity contribution in [1.82, 2.24) is 10.3 Å². The molecule has 0 atom stereocenters. The second-order valence-corrected chi connectivity index (χ2v) is 16.4. The van der Waals surface area contributed by atoms with Crippen molar-refractivity contribution in [3.63, 3.8) is 0 Å². The minimum absolute atomic E-state index is 0.327. The highest BCUT2D eigenvalue weighted by Gasteiger charge is 2.28. The van der Waals surface area contributed by atoms with E-state index in [9.17, 15) is 0 Å². The summed E-state index contributed by atoms with van der Waals surface area (Å²) in [4.78, 5) is 0. The van der Waals surface area contributed by atoms with Gasteiger partial charge in [-0.05, 0) is 98.2 Å². The van der Waals surface area contributed by atoms with E-state index in [1.807, 2.05) is 48.5 Å². The molecular formula is C51H62N2O6. The van der Waals surface area contributed by atoms with Gasteiger partial charge in [0.2, 0.25) is 0 Å². The topological polar surface area (TPSA) is 89.0 Å². The molecule has 312 valence electrons. The molecule has 0 N–H and O–H groups in total. The van der Waals surface area contributed by atoms with Crippen LogP contribution < -0.4 is 18.9 Å². The largest absolute Gasteiger partial charge is 0.496 e. The van der Waals surface area contributed by atoms with Crippen LogP contribution in [0.3, 0.4) is 0 Å². The molecule has 0 spiro atoms. The van der Waals surface area contributed by atoms with Crippen LogP contribution in [0.15, 0.2) is 81.8 Å². The molecule has 8 nitrogen and oxygen atoms in total. The van der Waals surface area contributed by atoms with Crippen molar-refractivity contribution in [3.8, 4) is 57.0 Å². The first-order valence-corrected chi connectivity index (χ1v) is 21.3. The van der Waals surface area contributed by atoms with Crippen molar-refractivity contribution >= 4 is 0 Å². The van der Waals surface area contributed by atoms with E-state index < -0.39 is 0 Å². The summed E-state index contributed by atoms with van der Waals surface area (Å²) in [6.45, 7) is 17.4. The fourth-order valence-electron chi connectivity index (χ4n) is 7.92. The second kappa shape index (κ2) is 19.5. The van der Waals surface area contributed by atoms with Gasteiger partial charge in [0.15, 0.2) is 0 Å². The summed E-state index contributed by atoms with van der Waals surface area (Å²) >= 11 is 0. The van der Waals surface area contributed by atoms with Gasteiger partial charge in [0.05, 0.1) is 25.3 Å². The highest BCUT2D eigenvalue weighted by molar-refractivity contribution is 5.76. The summed E-state index contributed by atoms with van der Waals surface area (Å²) in [6, 6.07) is 24.7. The Labute approximate surface area is 351 Å². The number of aryl methyl sites for hydroxylation is 6. The molecule has 0 saturated heterocycles.